The van der Waals surface area contributed by atoms with Gasteiger partial charge >= 0.3 is 0 Å². The van der Waals surface area contributed by atoms with E-state index in [-0.39, 0.29) is 18.3 Å². The zero-order chi connectivity index (χ0) is 24.2. The molecule has 33 heavy (non-hydrogen) atoms. The SMILES string of the molecule is CC[Si](CC)(CC)OC1[C@@H](O[Si](CC)(CC)CC)[C@@H](CN)O[C@H]1n1cnc2c(N)ncnc21. The van der Waals surface area contributed by atoms with Gasteiger partial charge < -0.3 is 25.1 Å². The summed E-state index contributed by atoms with van der Waals surface area (Å²) in [4.78, 5) is 13.0. The van der Waals surface area contributed by atoms with Crippen molar-refractivity contribution in [3.8, 4) is 0 Å². The second-order valence-electron chi connectivity index (χ2n) is 9.04. The van der Waals surface area contributed by atoms with Crippen molar-refractivity contribution in [3.05, 3.63) is 12.7 Å². The minimum atomic E-state index is -1.98. The van der Waals surface area contributed by atoms with Crippen LogP contribution < -0.4 is 11.5 Å². The fourth-order valence-corrected chi connectivity index (χ4v) is 10.7. The van der Waals surface area contributed by atoms with Gasteiger partial charge in [-0.2, -0.15) is 0 Å². The third kappa shape index (κ3) is 4.89. The highest BCUT2D eigenvalue weighted by Crippen LogP contribution is 2.41. The van der Waals surface area contributed by atoms with Crippen LogP contribution in [0.1, 0.15) is 47.8 Å². The predicted molar refractivity (Wildman–Crippen MR) is 137 cm³/mol. The molecule has 9 nitrogen and oxygen atoms in total. The van der Waals surface area contributed by atoms with Gasteiger partial charge in [0.25, 0.3) is 0 Å². The lowest BCUT2D eigenvalue weighted by Crippen LogP contribution is -2.52. The zero-order valence-corrected chi connectivity index (χ0v) is 23.1. The molecule has 3 rings (SSSR count). The Bertz CT molecular complexity index is 889. The summed E-state index contributed by atoms with van der Waals surface area (Å²) in [6.45, 7) is 13.8. The molecule has 1 fully saturated rings. The Balaban J connectivity index is 2.10. The summed E-state index contributed by atoms with van der Waals surface area (Å²) in [6, 6.07) is 6.30. The monoisotopic (exact) mass is 494 g/mol. The lowest BCUT2D eigenvalue weighted by Gasteiger charge is -2.39. The average Bonchev–Trinajstić information content (AvgIpc) is 3.43. The van der Waals surface area contributed by atoms with Crippen LogP contribution in [0, 0.1) is 0 Å². The summed E-state index contributed by atoms with van der Waals surface area (Å²) >= 11 is 0. The predicted octanol–water partition coefficient (Wildman–Crippen LogP) is 4.05. The van der Waals surface area contributed by atoms with Gasteiger partial charge in [0.1, 0.15) is 24.1 Å². The second kappa shape index (κ2) is 10.9. The molecule has 0 amide bonds. The topological polar surface area (TPSA) is 123 Å². The summed E-state index contributed by atoms with van der Waals surface area (Å²) < 4.78 is 22.7. The number of hydrogen-bond acceptors (Lipinski definition) is 8. The molecule has 1 saturated heterocycles. The van der Waals surface area contributed by atoms with Crippen LogP contribution in [-0.4, -0.2) is 61.0 Å². The van der Waals surface area contributed by atoms with Crippen LogP contribution in [0.5, 0.6) is 0 Å². The number of aromatic nitrogens is 4. The molecule has 1 aliphatic heterocycles. The van der Waals surface area contributed by atoms with Crippen molar-refractivity contribution in [2.24, 2.45) is 5.73 Å². The van der Waals surface area contributed by atoms with Gasteiger partial charge in [-0.1, -0.05) is 41.5 Å². The molecule has 4 atom stereocenters. The van der Waals surface area contributed by atoms with Gasteiger partial charge in [-0.3, -0.25) is 4.57 Å². The van der Waals surface area contributed by atoms with Crippen LogP contribution in [0.2, 0.25) is 36.3 Å². The molecular formula is C22H42N6O3Si2. The molecule has 2 aromatic rings. The minimum absolute atomic E-state index is 0.223. The quantitative estimate of drug-likeness (QED) is 0.424. The van der Waals surface area contributed by atoms with Crippen molar-refractivity contribution in [1.29, 1.82) is 0 Å². The Morgan fingerprint density at radius 2 is 1.42 bits per heavy atom. The standard InChI is InChI=1S/C22H42N6O3Si2/c1-7-32(8-2,9-3)30-18-16(13-23)29-22(19(18)31-33(10-4,11-5)12-6)28-15-27-17-20(24)25-14-26-21(17)28/h14-16,18-19,22H,7-13,23H2,1-6H3,(H2,24,25,26)/t16-,18+,19?,22-/m1/s1. The largest absolute Gasteiger partial charge is 0.408 e. The average molecular weight is 495 g/mol. The molecule has 0 saturated carbocycles. The first-order valence-electron chi connectivity index (χ1n) is 12.5. The molecule has 0 radical (unpaired) electrons. The Labute approximate surface area is 199 Å². The molecule has 2 aromatic heterocycles. The number of ether oxygens (including phenoxy) is 1. The van der Waals surface area contributed by atoms with E-state index in [1.54, 1.807) is 6.33 Å². The van der Waals surface area contributed by atoms with Crippen LogP contribution in [0.4, 0.5) is 5.82 Å². The molecule has 1 aliphatic rings. The van der Waals surface area contributed by atoms with Gasteiger partial charge in [-0.05, 0) is 36.3 Å². The lowest BCUT2D eigenvalue weighted by molar-refractivity contribution is -0.0282. The summed E-state index contributed by atoms with van der Waals surface area (Å²) in [5, 5.41) is 0. The zero-order valence-electron chi connectivity index (χ0n) is 21.1. The molecule has 186 valence electrons. The Hall–Kier alpha value is -1.38. The van der Waals surface area contributed by atoms with E-state index < -0.39 is 22.9 Å². The number of nitrogens with zero attached hydrogens (tertiary/aromatic N) is 4. The number of rotatable bonds is 12. The van der Waals surface area contributed by atoms with Crippen molar-refractivity contribution < 1.29 is 13.6 Å². The molecule has 0 spiro atoms. The Kier molecular flexibility index (Phi) is 8.68. The van der Waals surface area contributed by atoms with Crippen molar-refractivity contribution in [2.75, 3.05) is 12.3 Å². The maximum Gasteiger partial charge on any atom is 0.192 e. The van der Waals surface area contributed by atoms with Gasteiger partial charge in [0, 0.05) is 6.54 Å². The highest BCUT2D eigenvalue weighted by atomic mass is 28.4. The van der Waals surface area contributed by atoms with Crippen molar-refractivity contribution in [2.45, 2.75) is 102 Å². The number of hydrogen-bond donors (Lipinski definition) is 2. The maximum atomic E-state index is 7.12. The molecule has 3 heterocycles. The van der Waals surface area contributed by atoms with Gasteiger partial charge in [0.2, 0.25) is 0 Å². The number of imidazole rings is 1. The van der Waals surface area contributed by atoms with E-state index in [9.17, 15) is 0 Å². The van der Waals surface area contributed by atoms with E-state index in [1.807, 2.05) is 4.57 Å². The Morgan fingerprint density at radius 1 is 0.879 bits per heavy atom. The summed E-state index contributed by atoms with van der Waals surface area (Å²) in [7, 11) is -3.92. The second-order valence-corrected chi connectivity index (χ2v) is 18.5. The summed E-state index contributed by atoms with van der Waals surface area (Å²) in [6.07, 6.45) is 1.99. The summed E-state index contributed by atoms with van der Waals surface area (Å²) in [5.74, 6) is 0.353. The normalized spacial score (nSPS) is 24.1. The fourth-order valence-electron chi connectivity index (χ4n) is 5.02. The third-order valence-electron chi connectivity index (χ3n) is 7.82. The molecular weight excluding hydrogens is 452 g/mol. The molecule has 0 aliphatic carbocycles. The lowest BCUT2D eigenvalue weighted by atomic mass is 10.1. The van der Waals surface area contributed by atoms with Gasteiger partial charge in [-0.15, -0.1) is 0 Å². The van der Waals surface area contributed by atoms with Crippen LogP contribution in [-0.2, 0) is 13.6 Å². The molecule has 0 bridgehead atoms. The molecule has 4 N–H and O–H groups in total. The van der Waals surface area contributed by atoms with E-state index in [4.69, 9.17) is 25.1 Å². The smallest absolute Gasteiger partial charge is 0.192 e. The maximum absolute atomic E-state index is 7.12. The van der Waals surface area contributed by atoms with E-state index >= 15 is 0 Å². The Morgan fingerprint density at radius 3 is 1.94 bits per heavy atom. The van der Waals surface area contributed by atoms with E-state index in [0.29, 0.717) is 23.5 Å². The van der Waals surface area contributed by atoms with Crippen molar-refractivity contribution in [1.82, 2.24) is 19.5 Å². The van der Waals surface area contributed by atoms with E-state index in [1.165, 1.54) is 6.33 Å². The minimum Gasteiger partial charge on any atom is -0.408 e. The van der Waals surface area contributed by atoms with Gasteiger partial charge in [0.05, 0.1) is 12.4 Å². The highest BCUT2D eigenvalue weighted by molar-refractivity contribution is 6.74. The molecule has 0 aromatic carbocycles. The van der Waals surface area contributed by atoms with Crippen LogP contribution in [0.25, 0.3) is 11.2 Å². The first-order valence-corrected chi connectivity index (χ1v) is 17.6. The third-order valence-corrected chi connectivity index (χ3v) is 17.1. The molecule has 11 heteroatoms. The van der Waals surface area contributed by atoms with Gasteiger partial charge in [-0.25, -0.2) is 15.0 Å². The van der Waals surface area contributed by atoms with Crippen LogP contribution >= 0.6 is 0 Å². The first-order chi connectivity index (χ1) is 15.9. The first kappa shape index (κ1) is 26.2. The van der Waals surface area contributed by atoms with Crippen molar-refractivity contribution >= 4 is 33.6 Å². The molecule has 1 unspecified atom stereocenters. The summed E-state index contributed by atoms with van der Waals surface area (Å²) in [5.41, 5.74) is 13.5. The number of nitrogens with two attached hydrogens (primary N) is 2. The van der Waals surface area contributed by atoms with Crippen LogP contribution in [0.15, 0.2) is 12.7 Å². The fraction of sp³-hybridized carbons (Fsp3) is 0.773. The van der Waals surface area contributed by atoms with E-state index in [2.05, 4.69) is 56.5 Å². The number of anilines is 1. The number of fused-ring (bicyclic) bond motifs is 1. The van der Waals surface area contributed by atoms with E-state index in [0.717, 1.165) is 36.3 Å². The highest BCUT2D eigenvalue weighted by Gasteiger charge is 2.52. The van der Waals surface area contributed by atoms with Crippen LogP contribution in [0.3, 0.4) is 0 Å². The number of nitrogen functional groups attached to an aromatic ring is 1. The van der Waals surface area contributed by atoms with Gasteiger partial charge in [0.15, 0.2) is 34.3 Å². The van der Waals surface area contributed by atoms with Crippen molar-refractivity contribution in [3.63, 3.8) is 0 Å².